The van der Waals surface area contributed by atoms with Crippen molar-refractivity contribution in [3.05, 3.63) is 28.6 Å². The maximum absolute atomic E-state index is 12.7. The summed E-state index contributed by atoms with van der Waals surface area (Å²) in [6.45, 7) is 2.57. The molecule has 1 aromatic heterocycles. The first kappa shape index (κ1) is 14.2. The number of nitrogens with zero attached hydrogens (tertiary/aromatic N) is 3. The maximum Gasteiger partial charge on any atom is 0.280 e. The molecule has 8 heteroatoms. The zero-order valence-corrected chi connectivity index (χ0v) is 12.0. The van der Waals surface area contributed by atoms with Crippen LogP contribution in [0.2, 0.25) is 0 Å². The van der Waals surface area contributed by atoms with Crippen LogP contribution in [0, 0.1) is 0 Å². The van der Waals surface area contributed by atoms with Crippen molar-refractivity contribution in [2.24, 2.45) is 0 Å². The van der Waals surface area contributed by atoms with Gasteiger partial charge in [-0.3, -0.25) is 19.7 Å². The molecule has 8 nitrogen and oxygen atoms in total. The van der Waals surface area contributed by atoms with E-state index in [1.807, 2.05) is 6.92 Å². The average molecular weight is 301 g/mol. The van der Waals surface area contributed by atoms with Crippen molar-refractivity contribution >= 4 is 28.4 Å². The molecule has 2 heterocycles. The zero-order chi connectivity index (χ0) is 15.7. The summed E-state index contributed by atoms with van der Waals surface area (Å²) in [7, 11) is 0. The van der Waals surface area contributed by atoms with Crippen molar-refractivity contribution in [1.82, 2.24) is 20.3 Å². The van der Waals surface area contributed by atoms with Gasteiger partial charge in [0, 0.05) is 18.7 Å². The first-order chi connectivity index (χ1) is 10.6. The summed E-state index contributed by atoms with van der Waals surface area (Å²) in [6.07, 6.45) is 0.422. The highest BCUT2D eigenvalue weighted by Crippen LogP contribution is 2.20. The van der Waals surface area contributed by atoms with Gasteiger partial charge in [0.1, 0.15) is 11.6 Å². The Kier molecular flexibility index (Phi) is 3.58. The highest BCUT2D eigenvalue weighted by Gasteiger charge is 2.30. The molecule has 1 aliphatic rings. The van der Waals surface area contributed by atoms with E-state index in [-0.39, 0.29) is 18.7 Å². The smallest absolute Gasteiger partial charge is 0.280 e. The Morgan fingerprint density at radius 1 is 1.36 bits per heavy atom. The fraction of sp³-hybridized carbons (Fsp3) is 0.357. The van der Waals surface area contributed by atoms with E-state index >= 15 is 0 Å². The van der Waals surface area contributed by atoms with Gasteiger partial charge in [0.05, 0.1) is 5.39 Å². The zero-order valence-electron chi connectivity index (χ0n) is 12.0. The summed E-state index contributed by atoms with van der Waals surface area (Å²) in [4.78, 5) is 35.9. The first-order valence-corrected chi connectivity index (χ1v) is 7.07. The quantitative estimate of drug-likeness (QED) is 0.785. The number of fused-ring (bicyclic) bond motifs is 1. The molecule has 1 saturated heterocycles. The predicted octanol–water partition coefficient (Wildman–Crippen LogP) is 0.201. The van der Waals surface area contributed by atoms with Crippen LogP contribution in [0.15, 0.2) is 23.0 Å². The Hall–Kier alpha value is -2.77. The van der Waals surface area contributed by atoms with Gasteiger partial charge in [-0.15, -0.1) is 5.10 Å². The molecule has 1 unspecified atom stereocenters. The van der Waals surface area contributed by atoms with Crippen LogP contribution >= 0.6 is 0 Å². The van der Waals surface area contributed by atoms with Gasteiger partial charge in [0.2, 0.25) is 5.91 Å². The number of benzene rings is 1. The van der Waals surface area contributed by atoms with E-state index in [0.29, 0.717) is 23.1 Å². The lowest BCUT2D eigenvalue weighted by atomic mass is 10.1. The number of rotatable bonds is 3. The largest absolute Gasteiger partial charge is 0.385 e. The lowest BCUT2D eigenvalue weighted by molar-refractivity contribution is -0.136. The second-order valence-electron chi connectivity index (χ2n) is 5.04. The third-order valence-electron chi connectivity index (χ3n) is 3.59. The van der Waals surface area contributed by atoms with Crippen molar-refractivity contribution in [3.63, 3.8) is 0 Å². The molecule has 1 atom stereocenters. The molecule has 1 aromatic carbocycles. The molecule has 0 bridgehead atoms. The van der Waals surface area contributed by atoms with E-state index in [2.05, 4.69) is 20.9 Å². The summed E-state index contributed by atoms with van der Waals surface area (Å²) >= 11 is 0. The SMILES string of the molecule is CCNc1cccc2nnn(C3CCC(=O)NC3=O)c(=O)c12. The Morgan fingerprint density at radius 2 is 2.18 bits per heavy atom. The molecular weight excluding hydrogens is 286 g/mol. The third-order valence-corrected chi connectivity index (χ3v) is 3.59. The summed E-state index contributed by atoms with van der Waals surface area (Å²) in [6, 6.07) is 4.45. The number of anilines is 1. The fourth-order valence-electron chi connectivity index (χ4n) is 2.56. The predicted molar refractivity (Wildman–Crippen MR) is 79.4 cm³/mol. The highest BCUT2D eigenvalue weighted by atomic mass is 16.2. The molecule has 2 amide bonds. The number of carbonyl (C=O) groups is 2. The van der Waals surface area contributed by atoms with E-state index < -0.39 is 17.5 Å². The molecule has 22 heavy (non-hydrogen) atoms. The number of hydrogen-bond donors (Lipinski definition) is 2. The van der Waals surface area contributed by atoms with Crippen molar-refractivity contribution in [2.75, 3.05) is 11.9 Å². The lowest BCUT2D eigenvalue weighted by Gasteiger charge is -2.21. The molecule has 0 spiro atoms. The Labute approximate surface area is 125 Å². The third kappa shape index (κ3) is 2.32. The van der Waals surface area contributed by atoms with E-state index in [1.54, 1.807) is 18.2 Å². The molecular formula is C14H15N5O3. The van der Waals surface area contributed by atoms with Crippen molar-refractivity contribution in [2.45, 2.75) is 25.8 Å². The Morgan fingerprint density at radius 3 is 2.91 bits per heavy atom. The van der Waals surface area contributed by atoms with Gasteiger partial charge in [-0.25, -0.2) is 0 Å². The van der Waals surface area contributed by atoms with Gasteiger partial charge in [0.15, 0.2) is 0 Å². The van der Waals surface area contributed by atoms with E-state index in [9.17, 15) is 14.4 Å². The molecule has 2 N–H and O–H groups in total. The van der Waals surface area contributed by atoms with Gasteiger partial charge < -0.3 is 5.32 Å². The Bertz CT molecular complexity index is 814. The van der Waals surface area contributed by atoms with Gasteiger partial charge in [-0.1, -0.05) is 11.3 Å². The molecule has 0 saturated carbocycles. The number of aromatic nitrogens is 3. The number of carbonyl (C=O) groups excluding carboxylic acids is 2. The van der Waals surface area contributed by atoms with Crippen LogP contribution in [0.5, 0.6) is 0 Å². The second-order valence-corrected chi connectivity index (χ2v) is 5.04. The monoisotopic (exact) mass is 301 g/mol. The molecule has 114 valence electrons. The minimum atomic E-state index is -0.809. The Balaban J connectivity index is 2.14. The van der Waals surface area contributed by atoms with Gasteiger partial charge in [-0.05, 0) is 25.5 Å². The number of piperidine rings is 1. The molecule has 1 aliphatic heterocycles. The van der Waals surface area contributed by atoms with E-state index in [4.69, 9.17) is 0 Å². The van der Waals surface area contributed by atoms with Gasteiger partial charge in [-0.2, -0.15) is 4.68 Å². The standard InChI is InChI=1S/C14H15N5O3/c1-2-15-8-4-3-5-9-12(8)14(22)19(18-17-9)10-6-7-11(20)16-13(10)21/h3-5,10,15H,2,6-7H2,1H3,(H,16,20,21). The molecule has 1 fully saturated rings. The minimum absolute atomic E-state index is 0.178. The fourth-order valence-corrected chi connectivity index (χ4v) is 2.56. The number of hydrogen-bond acceptors (Lipinski definition) is 6. The van der Waals surface area contributed by atoms with Crippen LogP contribution in [-0.2, 0) is 9.59 Å². The molecule has 0 radical (unpaired) electrons. The van der Waals surface area contributed by atoms with Crippen LogP contribution in [0.3, 0.4) is 0 Å². The molecule has 3 rings (SSSR count). The van der Waals surface area contributed by atoms with Crippen LogP contribution < -0.4 is 16.2 Å². The summed E-state index contributed by atoms with van der Waals surface area (Å²) < 4.78 is 1.06. The van der Waals surface area contributed by atoms with E-state index in [0.717, 1.165) is 4.68 Å². The number of nitrogens with one attached hydrogen (secondary N) is 2. The first-order valence-electron chi connectivity index (χ1n) is 7.07. The minimum Gasteiger partial charge on any atom is -0.385 e. The molecule has 2 aromatic rings. The summed E-state index contributed by atoms with van der Waals surface area (Å²) in [5.41, 5.74) is 0.726. The average Bonchev–Trinajstić information content (AvgIpc) is 2.49. The van der Waals surface area contributed by atoms with Crippen molar-refractivity contribution < 1.29 is 9.59 Å². The van der Waals surface area contributed by atoms with Crippen LogP contribution in [0.1, 0.15) is 25.8 Å². The summed E-state index contributed by atoms with van der Waals surface area (Å²) in [5, 5.41) is 13.6. The second kappa shape index (κ2) is 5.55. The number of amides is 2. The van der Waals surface area contributed by atoms with E-state index in [1.165, 1.54) is 0 Å². The molecule has 0 aliphatic carbocycles. The normalized spacial score (nSPS) is 18.3. The number of imide groups is 1. The maximum atomic E-state index is 12.7. The van der Waals surface area contributed by atoms with Gasteiger partial charge in [0.25, 0.3) is 11.5 Å². The summed E-state index contributed by atoms with van der Waals surface area (Å²) in [5.74, 6) is -0.857. The van der Waals surface area contributed by atoms with Crippen LogP contribution in [0.4, 0.5) is 5.69 Å². The van der Waals surface area contributed by atoms with Gasteiger partial charge >= 0.3 is 0 Å². The van der Waals surface area contributed by atoms with Crippen LogP contribution in [-0.4, -0.2) is 33.4 Å². The topological polar surface area (TPSA) is 106 Å². The highest BCUT2D eigenvalue weighted by molar-refractivity contribution is 5.99. The van der Waals surface area contributed by atoms with Crippen molar-refractivity contribution in [1.29, 1.82) is 0 Å². The van der Waals surface area contributed by atoms with Crippen LogP contribution in [0.25, 0.3) is 10.9 Å². The lowest BCUT2D eigenvalue weighted by Crippen LogP contribution is -2.45. The van der Waals surface area contributed by atoms with Crippen molar-refractivity contribution in [3.8, 4) is 0 Å².